The Kier molecular flexibility index (Phi) is 5.82. The average Bonchev–Trinajstić information content (AvgIpc) is 3.15. The largest absolute Gasteiger partial charge is 0.366 e. The van der Waals surface area contributed by atoms with Gasteiger partial charge in [0.05, 0.1) is 11.4 Å². The maximum absolute atomic E-state index is 12.3. The van der Waals surface area contributed by atoms with Crippen molar-refractivity contribution in [2.75, 3.05) is 11.1 Å². The lowest BCUT2D eigenvalue weighted by Crippen LogP contribution is -2.15. The van der Waals surface area contributed by atoms with Gasteiger partial charge in [0, 0.05) is 11.3 Å². The number of hydrogen-bond acceptors (Lipinski definition) is 6. The Morgan fingerprint density at radius 1 is 1.15 bits per heavy atom. The van der Waals surface area contributed by atoms with Crippen molar-refractivity contribution in [3.05, 3.63) is 59.7 Å². The molecule has 138 valence electrons. The first-order valence-electron chi connectivity index (χ1n) is 8.27. The van der Waals surface area contributed by atoms with Crippen LogP contribution < -0.4 is 11.1 Å². The highest BCUT2D eigenvalue weighted by Crippen LogP contribution is 2.20. The van der Waals surface area contributed by atoms with E-state index in [1.807, 2.05) is 31.2 Å². The number of primary amides is 1. The second kappa shape index (κ2) is 8.45. The molecule has 0 saturated heterocycles. The van der Waals surface area contributed by atoms with Gasteiger partial charge in [-0.25, -0.2) is 0 Å². The summed E-state index contributed by atoms with van der Waals surface area (Å²) in [5.74, 6) is -0.478. The number of benzene rings is 2. The fourth-order valence-corrected chi connectivity index (χ4v) is 3.16. The Bertz CT molecular complexity index is 954. The molecule has 0 saturated carbocycles. The van der Waals surface area contributed by atoms with Crippen LogP contribution in [0.3, 0.4) is 0 Å². The Balaban J connectivity index is 1.66. The summed E-state index contributed by atoms with van der Waals surface area (Å²) in [7, 11) is 0. The van der Waals surface area contributed by atoms with Gasteiger partial charge in [-0.2, -0.15) is 4.68 Å². The molecule has 0 unspecified atom stereocenters. The van der Waals surface area contributed by atoms with Crippen molar-refractivity contribution in [2.24, 2.45) is 5.73 Å². The van der Waals surface area contributed by atoms with Gasteiger partial charge in [-0.1, -0.05) is 36.9 Å². The van der Waals surface area contributed by atoms with Crippen molar-refractivity contribution in [1.82, 2.24) is 20.2 Å². The third-order valence-electron chi connectivity index (χ3n) is 3.84. The number of nitrogens with zero attached hydrogens (tertiary/aromatic N) is 4. The van der Waals surface area contributed by atoms with E-state index in [9.17, 15) is 9.59 Å². The minimum Gasteiger partial charge on any atom is -0.366 e. The number of amides is 2. The van der Waals surface area contributed by atoms with E-state index in [-0.39, 0.29) is 11.7 Å². The van der Waals surface area contributed by atoms with Crippen LogP contribution in [0.4, 0.5) is 5.69 Å². The van der Waals surface area contributed by atoms with Crippen LogP contribution in [0.2, 0.25) is 0 Å². The van der Waals surface area contributed by atoms with Crippen molar-refractivity contribution in [2.45, 2.75) is 18.5 Å². The zero-order valence-electron chi connectivity index (χ0n) is 14.6. The Morgan fingerprint density at radius 3 is 2.59 bits per heavy atom. The normalized spacial score (nSPS) is 10.6. The molecular weight excluding hydrogens is 364 g/mol. The van der Waals surface area contributed by atoms with Gasteiger partial charge in [-0.3, -0.25) is 9.59 Å². The molecule has 3 aromatic rings. The van der Waals surface area contributed by atoms with E-state index in [1.54, 1.807) is 24.3 Å². The quantitative estimate of drug-likeness (QED) is 0.604. The van der Waals surface area contributed by atoms with Gasteiger partial charge >= 0.3 is 0 Å². The molecule has 0 spiro atoms. The fraction of sp³-hybridized carbons (Fsp3) is 0.167. The van der Waals surface area contributed by atoms with Crippen LogP contribution in [0, 0.1) is 0 Å². The number of aryl methyl sites for hydroxylation is 1. The molecule has 8 nitrogen and oxygen atoms in total. The number of carbonyl (C=O) groups excluding carboxylic acids is 2. The number of nitrogens with two attached hydrogens (primary N) is 1. The van der Waals surface area contributed by atoms with Gasteiger partial charge in [0.2, 0.25) is 17.0 Å². The summed E-state index contributed by atoms with van der Waals surface area (Å²) < 4.78 is 1.50. The van der Waals surface area contributed by atoms with E-state index in [4.69, 9.17) is 5.73 Å². The lowest BCUT2D eigenvalue weighted by atomic mass is 10.1. The van der Waals surface area contributed by atoms with E-state index in [2.05, 4.69) is 20.8 Å². The maximum atomic E-state index is 12.3. The summed E-state index contributed by atoms with van der Waals surface area (Å²) in [6, 6.07) is 14.3. The monoisotopic (exact) mass is 382 g/mol. The molecule has 1 aromatic heterocycles. The van der Waals surface area contributed by atoms with Crippen LogP contribution in [0.1, 0.15) is 22.8 Å². The summed E-state index contributed by atoms with van der Waals surface area (Å²) in [4.78, 5) is 23.4. The van der Waals surface area contributed by atoms with Crippen molar-refractivity contribution < 1.29 is 9.59 Å². The van der Waals surface area contributed by atoms with Crippen molar-refractivity contribution >= 4 is 29.3 Å². The van der Waals surface area contributed by atoms with Crippen LogP contribution >= 0.6 is 11.8 Å². The number of thioether (sulfide) groups is 1. The molecule has 0 fully saturated rings. The smallest absolute Gasteiger partial charge is 0.248 e. The molecule has 1 heterocycles. The number of rotatable bonds is 7. The summed E-state index contributed by atoms with van der Waals surface area (Å²) in [5.41, 5.74) is 8.20. The molecule has 3 N–H and O–H groups in total. The van der Waals surface area contributed by atoms with Gasteiger partial charge in [-0.15, -0.1) is 5.10 Å². The maximum Gasteiger partial charge on any atom is 0.248 e. The summed E-state index contributed by atoms with van der Waals surface area (Å²) in [6.45, 7) is 2.04. The number of carbonyl (C=O) groups is 2. The predicted molar refractivity (Wildman–Crippen MR) is 103 cm³/mol. The molecule has 0 atom stereocenters. The molecule has 3 rings (SSSR count). The second-order valence-corrected chi connectivity index (χ2v) is 6.57. The minimum absolute atomic E-state index is 0.139. The Labute approximate surface area is 160 Å². The highest BCUT2D eigenvalue weighted by atomic mass is 32.2. The number of hydrogen-bond donors (Lipinski definition) is 2. The van der Waals surface area contributed by atoms with E-state index >= 15 is 0 Å². The topological polar surface area (TPSA) is 116 Å². The van der Waals surface area contributed by atoms with E-state index in [0.29, 0.717) is 16.4 Å². The lowest BCUT2D eigenvalue weighted by Gasteiger charge is -2.09. The van der Waals surface area contributed by atoms with Crippen LogP contribution in [0.15, 0.2) is 53.7 Å². The van der Waals surface area contributed by atoms with Gasteiger partial charge in [0.1, 0.15) is 0 Å². The number of nitrogens with one attached hydrogen (secondary N) is 1. The third-order valence-corrected chi connectivity index (χ3v) is 4.76. The number of anilines is 1. The zero-order valence-corrected chi connectivity index (χ0v) is 15.4. The first kappa shape index (κ1) is 18.6. The Morgan fingerprint density at radius 2 is 1.89 bits per heavy atom. The molecule has 0 bridgehead atoms. The minimum atomic E-state index is -0.503. The summed E-state index contributed by atoms with van der Waals surface area (Å²) >= 11 is 1.22. The molecule has 2 aromatic carbocycles. The van der Waals surface area contributed by atoms with Gasteiger partial charge in [-0.05, 0) is 52.7 Å². The summed E-state index contributed by atoms with van der Waals surface area (Å²) in [5, 5.41) is 14.9. The summed E-state index contributed by atoms with van der Waals surface area (Å²) in [6.07, 6.45) is 0.836. The zero-order chi connectivity index (χ0) is 19.2. The van der Waals surface area contributed by atoms with Gasteiger partial charge in [0.15, 0.2) is 0 Å². The second-order valence-electron chi connectivity index (χ2n) is 5.63. The lowest BCUT2D eigenvalue weighted by molar-refractivity contribution is -0.113. The van der Waals surface area contributed by atoms with Crippen molar-refractivity contribution in [3.8, 4) is 5.69 Å². The fourth-order valence-electron chi connectivity index (χ4n) is 2.46. The molecule has 0 aliphatic heterocycles. The van der Waals surface area contributed by atoms with Crippen LogP contribution in [-0.2, 0) is 11.2 Å². The van der Waals surface area contributed by atoms with Crippen molar-refractivity contribution in [3.63, 3.8) is 0 Å². The molecule has 2 amide bonds. The number of para-hydroxylation sites is 1. The highest BCUT2D eigenvalue weighted by molar-refractivity contribution is 7.99. The van der Waals surface area contributed by atoms with Gasteiger partial charge < -0.3 is 11.1 Å². The molecule has 27 heavy (non-hydrogen) atoms. The van der Waals surface area contributed by atoms with Crippen molar-refractivity contribution in [1.29, 1.82) is 0 Å². The van der Waals surface area contributed by atoms with E-state index in [1.165, 1.54) is 16.4 Å². The first-order valence-corrected chi connectivity index (χ1v) is 9.26. The van der Waals surface area contributed by atoms with Crippen LogP contribution in [0.5, 0.6) is 0 Å². The predicted octanol–water partition coefficient (Wildman–Crippen LogP) is 2.05. The average molecular weight is 382 g/mol. The highest BCUT2D eigenvalue weighted by Gasteiger charge is 2.13. The molecule has 0 aliphatic rings. The molecule has 9 heteroatoms. The number of tetrazole rings is 1. The van der Waals surface area contributed by atoms with Crippen LogP contribution in [0.25, 0.3) is 5.69 Å². The molecular formula is C18H18N6O2S. The van der Waals surface area contributed by atoms with E-state index in [0.717, 1.165) is 17.7 Å². The SMILES string of the molecule is CCc1ccccc1NC(=O)CSc1nnnn1-c1ccc(C(N)=O)cc1. The Hall–Kier alpha value is -3.20. The number of aromatic nitrogens is 4. The first-order chi connectivity index (χ1) is 13.1. The molecule has 0 aliphatic carbocycles. The third kappa shape index (κ3) is 4.50. The van der Waals surface area contributed by atoms with Crippen LogP contribution in [-0.4, -0.2) is 37.8 Å². The van der Waals surface area contributed by atoms with Gasteiger partial charge in [0.25, 0.3) is 0 Å². The van der Waals surface area contributed by atoms with E-state index < -0.39 is 5.91 Å². The standard InChI is InChI=1S/C18H18N6O2S/c1-2-12-5-3-4-6-15(12)20-16(25)11-27-18-21-22-23-24(18)14-9-7-13(8-10-14)17(19)26/h3-10H,2,11H2,1H3,(H2,19,26)(H,20,25). The molecule has 0 radical (unpaired) electrons.